The van der Waals surface area contributed by atoms with Crippen molar-refractivity contribution in [1.29, 1.82) is 0 Å². The lowest BCUT2D eigenvalue weighted by Crippen LogP contribution is -2.44. The van der Waals surface area contributed by atoms with Gasteiger partial charge >= 0.3 is 0 Å². The first kappa shape index (κ1) is 7.88. The number of piperidine rings is 1. The Morgan fingerprint density at radius 2 is 2.20 bits per heavy atom. The maximum atomic E-state index is 12.5. The van der Waals surface area contributed by atoms with E-state index >= 15 is 0 Å². The quantitative estimate of drug-likeness (QED) is 0.594. The summed E-state index contributed by atoms with van der Waals surface area (Å²) >= 11 is 0. The van der Waals surface area contributed by atoms with Crippen molar-refractivity contribution in [2.24, 2.45) is 5.73 Å². The molecular formula is C6H12F2N2. The molecule has 1 rings (SSSR count). The highest BCUT2D eigenvalue weighted by atomic mass is 19.3. The molecule has 2 nitrogen and oxygen atoms in total. The predicted octanol–water partition coefficient (Wildman–Crippen LogP) is 0.634. The molecule has 1 aliphatic rings. The number of hydrogen-bond donors (Lipinski definition) is 1. The summed E-state index contributed by atoms with van der Waals surface area (Å²) < 4.78 is 25.1. The van der Waals surface area contributed by atoms with E-state index in [1.807, 2.05) is 0 Å². The lowest BCUT2D eigenvalue weighted by atomic mass is 10.1. The summed E-state index contributed by atoms with van der Waals surface area (Å²) in [5.74, 6) is -2.50. The predicted molar refractivity (Wildman–Crippen MR) is 34.8 cm³/mol. The van der Waals surface area contributed by atoms with Crippen LogP contribution in [0.4, 0.5) is 8.78 Å². The van der Waals surface area contributed by atoms with Gasteiger partial charge in [0.05, 0.1) is 6.54 Å². The number of halogens is 2. The maximum absolute atomic E-state index is 12.5. The van der Waals surface area contributed by atoms with Crippen molar-refractivity contribution < 1.29 is 8.78 Å². The van der Waals surface area contributed by atoms with Gasteiger partial charge < -0.3 is 5.73 Å². The molecule has 0 aliphatic carbocycles. The standard InChI is InChI=1S/C6H12F2N2/c7-6(8)2-1-3-10(4-6)5-9/h1-5,9H2. The van der Waals surface area contributed by atoms with E-state index in [-0.39, 0.29) is 19.6 Å². The van der Waals surface area contributed by atoms with Gasteiger partial charge in [-0.1, -0.05) is 0 Å². The van der Waals surface area contributed by atoms with Crippen LogP contribution in [0.1, 0.15) is 12.8 Å². The molecule has 0 radical (unpaired) electrons. The van der Waals surface area contributed by atoms with Crippen LogP contribution in [0.3, 0.4) is 0 Å². The summed E-state index contributed by atoms with van der Waals surface area (Å²) in [7, 11) is 0. The molecule has 0 unspecified atom stereocenters. The highest BCUT2D eigenvalue weighted by Gasteiger charge is 2.34. The third kappa shape index (κ3) is 1.88. The van der Waals surface area contributed by atoms with E-state index in [2.05, 4.69) is 0 Å². The van der Waals surface area contributed by atoms with Gasteiger partial charge in [-0.3, -0.25) is 4.90 Å². The molecule has 1 aliphatic heterocycles. The van der Waals surface area contributed by atoms with Crippen molar-refractivity contribution in [1.82, 2.24) is 4.90 Å². The Morgan fingerprint density at radius 1 is 1.50 bits per heavy atom. The number of hydrogen-bond acceptors (Lipinski definition) is 2. The molecule has 0 spiro atoms. The zero-order valence-corrected chi connectivity index (χ0v) is 5.82. The molecule has 10 heavy (non-hydrogen) atoms. The summed E-state index contributed by atoms with van der Waals surface area (Å²) in [4.78, 5) is 1.57. The van der Waals surface area contributed by atoms with Crippen LogP contribution in [-0.4, -0.2) is 30.6 Å². The fraction of sp³-hybridized carbons (Fsp3) is 1.00. The highest BCUT2D eigenvalue weighted by molar-refractivity contribution is 4.77. The zero-order chi connectivity index (χ0) is 7.61. The minimum atomic E-state index is -2.50. The molecule has 0 saturated carbocycles. The van der Waals surface area contributed by atoms with E-state index in [0.717, 1.165) is 0 Å². The van der Waals surface area contributed by atoms with E-state index in [9.17, 15) is 8.78 Å². The van der Waals surface area contributed by atoms with E-state index < -0.39 is 5.92 Å². The van der Waals surface area contributed by atoms with Gasteiger partial charge in [0.15, 0.2) is 0 Å². The minimum absolute atomic E-state index is 0.0174. The maximum Gasteiger partial charge on any atom is 0.260 e. The van der Waals surface area contributed by atoms with Crippen LogP contribution >= 0.6 is 0 Å². The SMILES string of the molecule is NCN1CCCC(F)(F)C1. The second kappa shape index (κ2) is 2.80. The fourth-order valence-corrected chi connectivity index (χ4v) is 1.20. The van der Waals surface area contributed by atoms with Gasteiger partial charge in [0.2, 0.25) is 0 Å². The van der Waals surface area contributed by atoms with Crippen LogP contribution in [0.2, 0.25) is 0 Å². The molecule has 60 valence electrons. The Balaban J connectivity index is 2.40. The van der Waals surface area contributed by atoms with Gasteiger partial charge in [0, 0.05) is 13.1 Å². The van der Waals surface area contributed by atoms with Crippen molar-refractivity contribution in [3.05, 3.63) is 0 Å². The Hall–Kier alpha value is -0.220. The van der Waals surface area contributed by atoms with Gasteiger partial charge in [0.1, 0.15) is 0 Å². The largest absolute Gasteiger partial charge is 0.318 e. The molecule has 1 heterocycles. The minimum Gasteiger partial charge on any atom is -0.318 e. The van der Waals surface area contributed by atoms with Gasteiger partial charge in [-0.25, -0.2) is 8.78 Å². The molecule has 1 saturated heterocycles. The molecule has 1 fully saturated rings. The van der Waals surface area contributed by atoms with E-state index in [0.29, 0.717) is 13.0 Å². The first-order valence-electron chi connectivity index (χ1n) is 3.44. The zero-order valence-electron chi connectivity index (χ0n) is 5.82. The molecule has 0 aromatic rings. The molecule has 0 atom stereocenters. The van der Waals surface area contributed by atoms with Crippen LogP contribution in [0, 0.1) is 0 Å². The fourth-order valence-electron chi connectivity index (χ4n) is 1.20. The van der Waals surface area contributed by atoms with Crippen molar-refractivity contribution in [3.63, 3.8) is 0 Å². The van der Waals surface area contributed by atoms with Crippen LogP contribution < -0.4 is 5.73 Å². The highest BCUT2D eigenvalue weighted by Crippen LogP contribution is 2.25. The van der Waals surface area contributed by atoms with Gasteiger partial charge in [0.25, 0.3) is 5.92 Å². The van der Waals surface area contributed by atoms with E-state index in [1.54, 1.807) is 4.90 Å². The summed E-state index contributed by atoms with van der Waals surface area (Å²) in [5.41, 5.74) is 5.22. The smallest absolute Gasteiger partial charge is 0.260 e. The number of nitrogens with zero attached hydrogens (tertiary/aromatic N) is 1. The van der Waals surface area contributed by atoms with Crippen LogP contribution in [0.5, 0.6) is 0 Å². The lowest BCUT2D eigenvalue weighted by molar-refractivity contribution is -0.0632. The average Bonchev–Trinajstić information content (AvgIpc) is 1.86. The molecule has 0 aromatic heterocycles. The van der Waals surface area contributed by atoms with Crippen molar-refractivity contribution in [3.8, 4) is 0 Å². The number of likely N-dealkylation sites (tertiary alicyclic amines) is 1. The molecule has 2 N–H and O–H groups in total. The normalized spacial score (nSPS) is 26.7. The third-order valence-electron chi connectivity index (χ3n) is 1.73. The second-order valence-electron chi connectivity index (χ2n) is 2.69. The summed E-state index contributed by atoms with van der Waals surface area (Å²) in [6.45, 7) is 0.797. The molecule has 0 amide bonds. The van der Waals surface area contributed by atoms with Crippen LogP contribution in [-0.2, 0) is 0 Å². The molecule has 0 bridgehead atoms. The Morgan fingerprint density at radius 3 is 2.60 bits per heavy atom. The number of rotatable bonds is 1. The first-order valence-corrected chi connectivity index (χ1v) is 3.44. The summed E-state index contributed by atoms with van der Waals surface area (Å²) in [6, 6.07) is 0. The summed E-state index contributed by atoms with van der Waals surface area (Å²) in [6.07, 6.45) is 0.577. The van der Waals surface area contributed by atoms with Gasteiger partial charge in [-0.2, -0.15) is 0 Å². The molecular weight excluding hydrogens is 138 g/mol. The lowest BCUT2D eigenvalue weighted by Gasteiger charge is -2.30. The summed E-state index contributed by atoms with van der Waals surface area (Å²) in [5, 5.41) is 0. The Kier molecular flexibility index (Phi) is 2.21. The molecule has 4 heteroatoms. The third-order valence-corrected chi connectivity index (χ3v) is 1.73. The van der Waals surface area contributed by atoms with Crippen LogP contribution in [0.15, 0.2) is 0 Å². The monoisotopic (exact) mass is 150 g/mol. The van der Waals surface area contributed by atoms with Crippen molar-refractivity contribution in [2.75, 3.05) is 19.8 Å². The van der Waals surface area contributed by atoms with Gasteiger partial charge in [-0.15, -0.1) is 0 Å². The molecule has 0 aromatic carbocycles. The van der Waals surface area contributed by atoms with Crippen molar-refractivity contribution in [2.45, 2.75) is 18.8 Å². The second-order valence-corrected chi connectivity index (χ2v) is 2.69. The van der Waals surface area contributed by atoms with Crippen LogP contribution in [0.25, 0.3) is 0 Å². The number of alkyl halides is 2. The number of nitrogens with two attached hydrogens (primary N) is 1. The topological polar surface area (TPSA) is 29.3 Å². The van der Waals surface area contributed by atoms with E-state index in [1.165, 1.54) is 0 Å². The Bertz CT molecular complexity index is 116. The van der Waals surface area contributed by atoms with Crippen molar-refractivity contribution >= 4 is 0 Å². The Labute approximate surface area is 59.0 Å². The van der Waals surface area contributed by atoms with E-state index in [4.69, 9.17) is 5.73 Å². The average molecular weight is 150 g/mol. The first-order chi connectivity index (χ1) is 4.64. The van der Waals surface area contributed by atoms with Gasteiger partial charge in [-0.05, 0) is 13.0 Å².